The minimum absolute atomic E-state index is 0.180. The predicted octanol–water partition coefficient (Wildman–Crippen LogP) is 2.74. The predicted molar refractivity (Wildman–Crippen MR) is 100 cm³/mol. The molecule has 9 heteroatoms. The van der Waals surface area contributed by atoms with Gasteiger partial charge in [-0.3, -0.25) is 14.9 Å². The van der Waals surface area contributed by atoms with Gasteiger partial charge >= 0.3 is 0 Å². The Labute approximate surface area is 160 Å². The first kappa shape index (κ1) is 17.7. The number of aromatic amines is 1. The molecule has 0 aliphatic carbocycles. The summed E-state index contributed by atoms with van der Waals surface area (Å²) >= 11 is 1.41. The number of rotatable bonds is 6. The molecule has 1 aliphatic rings. The topological polar surface area (TPSA) is 101 Å². The van der Waals surface area contributed by atoms with Crippen LogP contribution in [0.25, 0.3) is 11.5 Å². The number of thioether (sulfide) groups is 1. The third-order valence-corrected chi connectivity index (χ3v) is 5.51. The summed E-state index contributed by atoms with van der Waals surface area (Å²) < 4.78 is 5.63. The van der Waals surface area contributed by atoms with Gasteiger partial charge in [0.25, 0.3) is 5.22 Å². The molecule has 3 aromatic rings. The Balaban J connectivity index is 1.22. The number of likely N-dealkylation sites (tertiary alicyclic amines) is 1. The molecular formula is C18H20N6O2S. The fourth-order valence-electron chi connectivity index (χ4n) is 3.20. The Morgan fingerprint density at radius 2 is 2.00 bits per heavy atom. The Kier molecular flexibility index (Phi) is 5.47. The van der Waals surface area contributed by atoms with E-state index >= 15 is 0 Å². The van der Waals surface area contributed by atoms with Gasteiger partial charge in [0.15, 0.2) is 0 Å². The van der Waals surface area contributed by atoms with Crippen molar-refractivity contribution in [2.45, 2.75) is 30.4 Å². The molecule has 0 saturated carbocycles. The molecule has 0 aromatic carbocycles. The van der Waals surface area contributed by atoms with Crippen LogP contribution in [0.4, 0.5) is 0 Å². The molecule has 0 spiro atoms. The number of hydrogen-bond acceptors (Lipinski definition) is 7. The number of aromatic nitrogens is 5. The number of pyridine rings is 1. The van der Waals surface area contributed by atoms with Crippen molar-refractivity contribution in [1.29, 1.82) is 0 Å². The van der Waals surface area contributed by atoms with E-state index in [-0.39, 0.29) is 5.91 Å². The molecule has 1 N–H and O–H groups in total. The van der Waals surface area contributed by atoms with Gasteiger partial charge in [-0.15, -0.1) is 10.2 Å². The Morgan fingerprint density at radius 3 is 2.74 bits per heavy atom. The van der Waals surface area contributed by atoms with Gasteiger partial charge in [0, 0.05) is 61.0 Å². The zero-order valence-corrected chi connectivity index (χ0v) is 15.6. The average molecular weight is 384 g/mol. The number of carbonyl (C=O) groups excluding carboxylic acids is 1. The van der Waals surface area contributed by atoms with Gasteiger partial charge in [-0.2, -0.15) is 5.10 Å². The molecule has 1 aliphatic heterocycles. The standard InChI is InChI=1S/C18H20N6O2S/c25-16(24-10-4-13(5-11-24)15-3-9-20-21-15)6-12-27-18-23-22-17(26-18)14-1-7-19-8-2-14/h1-3,7-9,13H,4-6,10-12H2,(H,20,21). The highest BCUT2D eigenvalue weighted by Gasteiger charge is 2.24. The highest BCUT2D eigenvalue weighted by atomic mass is 32.2. The maximum absolute atomic E-state index is 12.4. The van der Waals surface area contributed by atoms with Gasteiger partial charge in [0.2, 0.25) is 11.8 Å². The lowest BCUT2D eigenvalue weighted by Gasteiger charge is -2.31. The van der Waals surface area contributed by atoms with Crippen molar-refractivity contribution in [2.24, 2.45) is 0 Å². The number of nitrogens with one attached hydrogen (secondary N) is 1. The Hall–Kier alpha value is -2.68. The van der Waals surface area contributed by atoms with E-state index in [0.29, 0.717) is 29.2 Å². The van der Waals surface area contributed by atoms with E-state index in [2.05, 4.69) is 25.4 Å². The minimum Gasteiger partial charge on any atom is -0.411 e. The van der Waals surface area contributed by atoms with E-state index in [0.717, 1.165) is 31.5 Å². The fourth-order valence-corrected chi connectivity index (χ4v) is 3.88. The number of piperidine rings is 1. The molecule has 1 fully saturated rings. The van der Waals surface area contributed by atoms with E-state index in [4.69, 9.17) is 4.42 Å². The second kappa shape index (κ2) is 8.34. The fraction of sp³-hybridized carbons (Fsp3) is 0.389. The lowest BCUT2D eigenvalue weighted by atomic mass is 9.93. The molecule has 1 saturated heterocycles. The van der Waals surface area contributed by atoms with E-state index in [1.165, 1.54) is 17.5 Å². The Morgan fingerprint density at radius 1 is 1.19 bits per heavy atom. The summed E-state index contributed by atoms with van der Waals surface area (Å²) in [6, 6.07) is 5.65. The molecule has 0 atom stereocenters. The molecule has 1 amide bonds. The number of carbonyl (C=O) groups is 1. The summed E-state index contributed by atoms with van der Waals surface area (Å²) in [5, 5.41) is 15.6. The van der Waals surface area contributed by atoms with Crippen molar-refractivity contribution in [2.75, 3.05) is 18.8 Å². The molecule has 27 heavy (non-hydrogen) atoms. The molecule has 0 unspecified atom stereocenters. The van der Waals surface area contributed by atoms with Crippen LogP contribution in [0.5, 0.6) is 0 Å². The normalized spacial score (nSPS) is 15.2. The van der Waals surface area contributed by atoms with Crippen molar-refractivity contribution in [3.63, 3.8) is 0 Å². The molecule has 0 bridgehead atoms. The smallest absolute Gasteiger partial charge is 0.276 e. The van der Waals surface area contributed by atoms with Crippen molar-refractivity contribution in [1.82, 2.24) is 30.3 Å². The highest BCUT2D eigenvalue weighted by Crippen LogP contribution is 2.27. The number of H-pyrrole nitrogens is 1. The molecule has 8 nitrogen and oxygen atoms in total. The molecule has 4 rings (SSSR count). The van der Waals surface area contributed by atoms with Gasteiger partial charge in [-0.1, -0.05) is 11.8 Å². The zero-order chi connectivity index (χ0) is 18.5. The van der Waals surface area contributed by atoms with E-state index < -0.39 is 0 Å². The minimum atomic E-state index is 0.180. The van der Waals surface area contributed by atoms with E-state index in [1.807, 2.05) is 23.1 Å². The van der Waals surface area contributed by atoms with Gasteiger partial charge < -0.3 is 9.32 Å². The van der Waals surface area contributed by atoms with Gasteiger partial charge in [0.05, 0.1) is 0 Å². The lowest BCUT2D eigenvalue weighted by Crippen LogP contribution is -2.38. The molecular weight excluding hydrogens is 364 g/mol. The van der Waals surface area contributed by atoms with Crippen LogP contribution in [-0.4, -0.2) is 55.0 Å². The third-order valence-electron chi connectivity index (χ3n) is 4.68. The van der Waals surface area contributed by atoms with Crippen LogP contribution in [-0.2, 0) is 4.79 Å². The Bertz CT molecular complexity index is 859. The largest absolute Gasteiger partial charge is 0.411 e. The first-order chi connectivity index (χ1) is 13.3. The van der Waals surface area contributed by atoms with E-state index in [1.54, 1.807) is 18.6 Å². The van der Waals surface area contributed by atoms with Crippen LogP contribution < -0.4 is 0 Å². The molecule has 4 heterocycles. The number of amides is 1. The summed E-state index contributed by atoms with van der Waals surface area (Å²) in [4.78, 5) is 18.3. The monoisotopic (exact) mass is 384 g/mol. The van der Waals surface area contributed by atoms with Crippen LogP contribution >= 0.6 is 11.8 Å². The number of nitrogens with zero attached hydrogens (tertiary/aromatic N) is 5. The molecule has 0 radical (unpaired) electrons. The van der Waals surface area contributed by atoms with Crippen LogP contribution in [0.15, 0.2) is 46.4 Å². The SMILES string of the molecule is O=C(CCSc1nnc(-c2ccncc2)o1)N1CCC(c2ccn[nH]2)CC1. The van der Waals surface area contributed by atoms with Gasteiger partial charge in [0.1, 0.15) is 0 Å². The maximum atomic E-state index is 12.4. The van der Waals surface area contributed by atoms with E-state index in [9.17, 15) is 4.79 Å². The van der Waals surface area contributed by atoms with Crippen molar-refractivity contribution in [3.05, 3.63) is 42.5 Å². The first-order valence-corrected chi connectivity index (χ1v) is 9.92. The van der Waals surface area contributed by atoms with Crippen molar-refractivity contribution in [3.8, 4) is 11.5 Å². The lowest BCUT2D eigenvalue weighted by molar-refractivity contribution is -0.131. The van der Waals surface area contributed by atoms with Crippen LogP contribution in [0.3, 0.4) is 0 Å². The van der Waals surface area contributed by atoms with Gasteiger partial charge in [-0.25, -0.2) is 0 Å². The molecule has 140 valence electrons. The maximum Gasteiger partial charge on any atom is 0.276 e. The highest BCUT2D eigenvalue weighted by molar-refractivity contribution is 7.99. The van der Waals surface area contributed by atoms with Crippen LogP contribution in [0, 0.1) is 0 Å². The summed E-state index contributed by atoms with van der Waals surface area (Å²) in [7, 11) is 0. The first-order valence-electron chi connectivity index (χ1n) is 8.93. The second-order valence-electron chi connectivity index (χ2n) is 6.37. The average Bonchev–Trinajstić information content (AvgIpc) is 3.41. The summed E-state index contributed by atoms with van der Waals surface area (Å²) in [5.74, 6) is 1.74. The van der Waals surface area contributed by atoms with Gasteiger partial charge in [-0.05, 0) is 31.0 Å². The quantitative estimate of drug-likeness (QED) is 0.652. The summed E-state index contributed by atoms with van der Waals surface area (Å²) in [5.41, 5.74) is 2.00. The zero-order valence-electron chi connectivity index (χ0n) is 14.7. The second-order valence-corrected chi connectivity index (χ2v) is 7.42. The van der Waals surface area contributed by atoms with Crippen molar-refractivity contribution >= 4 is 17.7 Å². The summed E-state index contributed by atoms with van der Waals surface area (Å²) in [6.45, 7) is 1.58. The van der Waals surface area contributed by atoms with Crippen LogP contribution in [0.1, 0.15) is 30.9 Å². The van der Waals surface area contributed by atoms with Crippen LogP contribution in [0.2, 0.25) is 0 Å². The number of hydrogen-bond donors (Lipinski definition) is 1. The molecule has 3 aromatic heterocycles. The third kappa shape index (κ3) is 4.36. The summed E-state index contributed by atoms with van der Waals surface area (Å²) in [6.07, 6.45) is 7.55. The van der Waals surface area contributed by atoms with Crippen molar-refractivity contribution < 1.29 is 9.21 Å².